The Labute approximate surface area is 132 Å². The number of nitrogens with two attached hydrogens (primary N) is 1. The van der Waals surface area contributed by atoms with E-state index in [1.165, 1.54) is 29.8 Å². The fourth-order valence-electron chi connectivity index (χ4n) is 2.00. The van der Waals surface area contributed by atoms with E-state index >= 15 is 0 Å². The molecular formula is C11H15ClN4O3S2. The average Bonchev–Trinajstić information content (AvgIpc) is 3.04. The molecule has 2 heterocycles. The van der Waals surface area contributed by atoms with Crippen molar-refractivity contribution in [2.45, 2.75) is 29.7 Å². The minimum atomic E-state index is -3.45. The summed E-state index contributed by atoms with van der Waals surface area (Å²) < 4.78 is 30.8. The zero-order valence-corrected chi connectivity index (χ0v) is 13.6. The fourth-order valence-corrected chi connectivity index (χ4v) is 3.92. The highest BCUT2D eigenvalue weighted by Gasteiger charge is 2.39. The van der Waals surface area contributed by atoms with Crippen molar-refractivity contribution in [2.24, 2.45) is 5.73 Å². The summed E-state index contributed by atoms with van der Waals surface area (Å²) in [7, 11) is -2.09. The first-order valence-electron chi connectivity index (χ1n) is 6.10. The molecule has 3 N–H and O–H groups in total. The second kappa shape index (κ2) is 5.65. The molecule has 2 aromatic rings. The van der Waals surface area contributed by atoms with E-state index in [0.717, 1.165) is 19.3 Å². The van der Waals surface area contributed by atoms with Crippen molar-refractivity contribution in [3.05, 3.63) is 17.3 Å². The predicted octanol–water partition coefficient (Wildman–Crippen LogP) is 1.47. The van der Waals surface area contributed by atoms with E-state index in [4.69, 9.17) is 10.3 Å². The van der Waals surface area contributed by atoms with Gasteiger partial charge >= 0.3 is 0 Å². The Morgan fingerprint density at radius 2 is 2.19 bits per heavy atom. The molecule has 0 spiro atoms. The van der Waals surface area contributed by atoms with Gasteiger partial charge in [-0.2, -0.15) is 4.98 Å². The summed E-state index contributed by atoms with van der Waals surface area (Å²) in [5.74, 6) is 0.796. The lowest BCUT2D eigenvalue weighted by molar-refractivity contribution is 0.229. The molecular weight excluding hydrogens is 336 g/mol. The van der Waals surface area contributed by atoms with Crippen molar-refractivity contribution < 1.29 is 12.9 Å². The molecule has 1 fully saturated rings. The minimum absolute atomic E-state index is 0. The number of halogens is 1. The van der Waals surface area contributed by atoms with E-state index in [9.17, 15) is 8.42 Å². The Kier molecular flexibility index (Phi) is 4.41. The van der Waals surface area contributed by atoms with Gasteiger partial charge in [0.05, 0.1) is 15.3 Å². The van der Waals surface area contributed by atoms with Crippen molar-refractivity contribution in [3.63, 3.8) is 0 Å². The summed E-state index contributed by atoms with van der Waals surface area (Å²) in [6, 6.07) is 1.51. The number of sulfonamides is 1. The molecule has 0 aliphatic heterocycles. The number of thiophene rings is 1. The lowest BCUT2D eigenvalue weighted by Crippen LogP contribution is -2.44. The first-order chi connectivity index (χ1) is 9.44. The monoisotopic (exact) mass is 350 g/mol. The van der Waals surface area contributed by atoms with Crippen LogP contribution >= 0.6 is 23.7 Å². The fraction of sp³-hybridized carbons (Fsp3) is 0.455. The van der Waals surface area contributed by atoms with E-state index in [1.807, 2.05) is 0 Å². The molecule has 21 heavy (non-hydrogen) atoms. The van der Waals surface area contributed by atoms with Gasteiger partial charge in [-0.3, -0.25) is 0 Å². The van der Waals surface area contributed by atoms with Crippen LogP contribution in [0.2, 0.25) is 0 Å². The number of aromatic nitrogens is 2. The highest BCUT2D eigenvalue weighted by Crippen LogP contribution is 2.38. The molecule has 116 valence electrons. The van der Waals surface area contributed by atoms with Gasteiger partial charge in [0.1, 0.15) is 0 Å². The second-order valence-electron chi connectivity index (χ2n) is 4.79. The van der Waals surface area contributed by atoms with Gasteiger partial charge in [-0.05, 0) is 32.4 Å². The third-order valence-corrected chi connectivity index (χ3v) is 5.94. The van der Waals surface area contributed by atoms with Crippen LogP contribution in [0.15, 0.2) is 20.9 Å². The van der Waals surface area contributed by atoms with E-state index in [2.05, 4.69) is 14.9 Å². The largest absolute Gasteiger partial charge is 0.333 e. The molecule has 2 aromatic heterocycles. The summed E-state index contributed by atoms with van der Waals surface area (Å²) in [5, 5.41) is 5.44. The van der Waals surface area contributed by atoms with E-state index < -0.39 is 15.6 Å². The highest BCUT2D eigenvalue weighted by molar-refractivity contribution is 7.89. The normalized spacial score (nSPS) is 17.0. The third-order valence-electron chi connectivity index (χ3n) is 3.48. The lowest BCUT2D eigenvalue weighted by Gasteiger charge is -2.34. The average molecular weight is 351 g/mol. The van der Waals surface area contributed by atoms with Gasteiger partial charge in [-0.25, -0.2) is 13.1 Å². The lowest BCUT2D eigenvalue weighted by atomic mass is 9.77. The Balaban J connectivity index is 0.00000161. The quantitative estimate of drug-likeness (QED) is 0.863. The van der Waals surface area contributed by atoms with Gasteiger partial charge in [-0.15, -0.1) is 23.7 Å². The van der Waals surface area contributed by atoms with Crippen LogP contribution in [0.4, 0.5) is 0 Å². The van der Waals surface area contributed by atoms with Gasteiger partial charge in [0, 0.05) is 5.38 Å². The number of hydrogen-bond acceptors (Lipinski definition) is 7. The van der Waals surface area contributed by atoms with E-state index in [0.29, 0.717) is 16.6 Å². The van der Waals surface area contributed by atoms with E-state index in [-0.39, 0.29) is 17.3 Å². The number of nitrogens with zero attached hydrogens (tertiary/aromatic N) is 2. The number of rotatable bonds is 4. The van der Waals surface area contributed by atoms with Crippen LogP contribution in [0.25, 0.3) is 10.8 Å². The van der Waals surface area contributed by atoms with Crippen LogP contribution in [-0.4, -0.2) is 25.6 Å². The van der Waals surface area contributed by atoms with Gasteiger partial charge in [0.2, 0.25) is 10.0 Å². The standard InChI is InChI=1S/C11H14N4O3S2.ClH/c1-13-20(16,17)7-5-8(19-6-7)9-14-10(15-18-9)11(12)3-2-4-11;/h5-6,13H,2-4,12H2,1H3;1H. The molecule has 1 saturated carbocycles. The predicted molar refractivity (Wildman–Crippen MR) is 80.8 cm³/mol. The summed E-state index contributed by atoms with van der Waals surface area (Å²) in [4.78, 5) is 5.09. The van der Waals surface area contributed by atoms with Crippen LogP contribution in [0.3, 0.4) is 0 Å². The molecule has 7 nitrogen and oxygen atoms in total. The van der Waals surface area contributed by atoms with Crippen LogP contribution in [0, 0.1) is 0 Å². The summed E-state index contributed by atoms with van der Waals surface area (Å²) in [5.41, 5.74) is 5.64. The maximum Gasteiger partial charge on any atom is 0.268 e. The molecule has 3 rings (SSSR count). The molecule has 0 bridgehead atoms. The topological polar surface area (TPSA) is 111 Å². The Bertz CT molecular complexity index is 736. The summed E-state index contributed by atoms with van der Waals surface area (Å²) in [6.45, 7) is 0. The van der Waals surface area contributed by atoms with Crippen LogP contribution in [0.5, 0.6) is 0 Å². The number of nitrogens with one attached hydrogen (secondary N) is 1. The first-order valence-corrected chi connectivity index (χ1v) is 8.46. The van der Waals surface area contributed by atoms with Crippen molar-refractivity contribution in [3.8, 4) is 10.8 Å². The maximum absolute atomic E-state index is 11.7. The maximum atomic E-state index is 11.7. The molecule has 10 heteroatoms. The van der Waals surface area contributed by atoms with Crippen molar-refractivity contribution in [1.82, 2.24) is 14.9 Å². The molecule has 1 aliphatic rings. The molecule has 0 aromatic carbocycles. The molecule has 0 radical (unpaired) electrons. The highest BCUT2D eigenvalue weighted by atomic mass is 35.5. The number of hydrogen-bond donors (Lipinski definition) is 2. The summed E-state index contributed by atoms with van der Waals surface area (Å²) >= 11 is 1.24. The van der Waals surface area contributed by atoms with Gasteiger partial charge in [0.25, 0.3) is 5.89 Å². The smallest absolute Gasteiger partial charge is 0.268 e. The molecule has 0 unspecified atom stereocenters. The molecule has 0 saturated heterocycles. The van der Waals surface area contributed by atoms with Crippen LogP contribution in [-0.2, 0) is 15.6 Å². The Hall–Kier alpha value is -1.00. The Morgan fingerprint density at radius 3 is 2.76 bits per heavy atom. The van der Waals surface area contributed by atoms with E-state index in [1.54, 1.807) is 0 Å². The first kappa shape index (κ1) is 16.4. The van der Waals surface area contributed by atoms with Crippen molar-refractivity contribution >= 4 is 33.8 Å². The molecule has 0 amide bonds. The second-order valence-corrected chi connectivity index (χ2v) is 7.58. The van der Waals surface area contributed by atoms with Crippen molar-refractivity contribution in [2.75, 3.05) is 7.05 Å². The zero-order chi connectivity index (χ0) is 14.4. The molecule has 0 atom stereocenters. The summed E-state index contributed by atoms with van der Waals surface area (Å²) in [6.07, 6.45) is 2.75. The van der Waals surface area contributed by atoms with Gasteiger partial charge in [-0.1, -0.05) is 5.16 Å². The van der Waals surface area contributed by atoms with Crippen LogP contribution < -0.4 is 10.5 Å². The minimum Gasteiger partial charge on any atom is -0.333 e. The Morgan fingerprint density at radius 1 is 1.48 bits per heavy atom. The van der Waals surface area contributed by atoms with Crippen molar-refractivity contribution in [1.29, 1.82) is 0 Å². The van der Waals surface area contributed by atoms with Crippen LogP contribution in [0.1, 0.15) is 25.1 Å². The SMILES string of the molecule is CNS(=O)(=O)c1csc(-c2nc(C3(N)CCC3)no2)c1.Cl. The van der Waals surface area contributed by atoms with Gasteiger partial charge < -0.3 is 10.3 Å². The zero-order valence-electron chi connectivity index (χ0n) is 11.2. The molecule has 1 aliphatic carbocycles. The third kappa shape index (κ3) is 2.84. The van der Waals surface area contributed by atoms with Gasteiger partial charge in [0.15, 0.2) is 5.82 Å².